The Hall–Kier alpha value is -5.26. The standard InChI is InChI=1S/C32H23N3O6S2/c36-28(24-15-14-21(30(38)39)16-25(24)31(40)41)33-22-12-7-13-23(17-22)43-27(20-10-5-2-6-11-20)29(37)35-32-34-26(18-42-32)19-8-3-1-4-9-19/h1-18,27H,(H,33,36)(H,38,39)(H,40,41)(H,34,35,37). The van der Waals surface area contributed by atoms with Gasteiger partial charge in [-0.1, -0.05) is 66.7 Å². The van der Waals surface area contributed by atoms with Gasteiger partial charge in [-0.2, -0.15) is 0 Å². The van der Waals surface area contributed by atoms with E-state index in [9.17, 15) is 29.4 Å². The molecule has 0 aliphatic rings. The molecule has 1 aromatic heterocycles. The van der Waals surface area contributed by atoms with Gasteiger partial charge in [-0.25, -0.2) is 14.6 Å². The topological polar surface area (TPSA) is 146 Å². The van der Waals surface area contributed by atoms with Crippen molar-refractivity contribution in [2.45, 2.75) is 10.1 Å². The van der Waals surface area contributed by atoms with E-state index in [1.54, 1.807) is 24.3 Å². The molecule has 0 fully saturated rings. The first-order valence-corrected chi connectivity index (χ1v) is 14.6. The van der Waals surface area contributed by atoms with E-state index in [-0.39, 0.29) is 17.0 Å². The second kappa shape index (κ2) is 13.1. The van der Waals surface area contributed by atoms with E-state index in [4.69, 9.17) is 0 Å². The minimum atomic E-state index is -1.43. The summed E-state index contributed by atoms with van der Waals surface area (Å²) in [6.07, 6.45) is 0. The lowest BCUT2D eigenvalue weighted by atomic mass is 10.0. The van der Waals surface area contributed by atoms with Gasteiger partial charge in [-0.15, -0.1) is 23.1 Å². The number of thiazole rings is 1. The number of anilines is 2. The van der Waals surface area contributed by atoms with Gasteiger partial charge in [-0.05, 0) is 42.0 Å². The lowest BCUT2D eigenvalue weighted by molar-refractivity contribution is -0.115. The summed E-state index contributed by atoms with van der Waals surface area (Å²) in [7, 11) is 0. The number of carbonyl (C=O) groups excluding carboxylic acids is 2. The van der Waals surface area contributed by atoms with E-state index in [1.807, 2.05) is 66.0 Å². The van der Waals surface area contributed by atoms with Crippen LogP contribution in [-0.2, 0) is 4.79 Å². The highest BCUT2D eigenvalue weighted by atomic mass is 32.2. The summed E-state index contributed by atoms with van der Waals surface area (Å²) in [6.45, 7) is 0. The Labute approximate surface area is 254 Å². The normalized spacial score (nSPS) is 11.3. The van der Waals surface area contributed by atoms with E-state index in [0.717, 1.165) is 22.9 Å². The number of carboxylic acids is 2. The average molecular weight is 610 g/mol. The van der Waals surface area contributed by atoms with E-state index in [0.29, 0.717) is 15.7 Å². The number of hydrogen-bond donors (Lipinski definition) is 4. The van der Waals surface area contributed by atoms with Crippen LogP contribution in [0.3, 0.4) is 0 Å². The number of carbonyl (C=O) groups is 4. The summed E-state index contributed by atoms with van der Waals surface area (Å²) in [5.74, 6) is -3.72. The fraction of sp³-hybridized carbons (Fsp3) is 0.0312. The van der Waals surface area contributed by atoms with Crippen molar-refractivity contribution in [1.29, 1.82) is 0 Å². The fourth-order valence-corrected chi connectivity index (χ4v) is 5.98. The molecule has 1 heterocycles. The monoisotopic (exact) mass is 609 g/mol. The van der Waals surface area contributed by atoms with Crippen LogP contribution in [0.4, 0.5) is 10.8 Å². The lowest BCUT2D eigenvalue weighted by Crippen LogP contribution is -2.19. The Morgan fingerprint density at radius 3 is 2.16 bits per heavy atom. The smallest absolute Gasteiger partial charge is 0.336 e. The summed E-state index contributed by atoms with van der Waals surface area (Å²) >= 11 is 2.61. The number of aromatic nitrogens is 1. The van der Waals surface area contributed by atoms with E-state index in [1.165, 1.54) is 35.2 Å². The molecule has 9 nitrogen and oxygen atoms in total. The summed E-state index contributed by atoms with van der Waals surface area (Å²) in [5.41, 5.74) is 1.98. The molecule has 0 saturated heterocycles. The van der Waals surface area contributed by atoms with E-state index >= 15 is 0 Å². The van der Waals surface area contributed by atoms with Crippen molar-refractivity contribution >= 4 is 57.7 Å². The second-order valence-electron chi connectivity index (χ2n) is 9.15. The highest BCUT2D eigenvalue weighted by molar-refractivity contribution is 8.00. The number of nitrogens with one attached hydrogen (secondary N) is 2. The molecule has 0 aliphatic carbocycles. The van der Waals surface area contributed by atoms with Crippen molar-refractivity contribution in [2.75, 3.05) is 10.6 Å². The molecule has 0 aliphatic heterocycles. The van der Waals surface area contributed by atoms with Crippen LogP contribution in [0.15, 0.2) is 113 Å². The first-order chi connectivity index (χ1) is 20.8. The van der Waals surface area contributed by atoms with Gasteiger partial charge in [0, 0.05) is 21.5 Å². The summed E-state index contributed by atoms with van der Waals surface area (Å²) in [4.78, 5) is 54.8. The highest BCUT2D eigenvalue weighted by Crippen LogP contribution is 2.38. The van der Waals surface area contributed by atoms with Crippen LogP contribution >= 0.6 is 23.1 Å². The Kier molecular flexibility index (Phi) is 8.94. The molecule has 0 radical (unpaired) electrons. The first kappa shape index (κ1) is 29.2. The molecule has 11 heteroatoms. The highest BCUT2D eigenvalue weighted by Gasteiger charge is 2.24. The third kappa shape index (κ3) is 7.15. The quantitative estimate of drug-likeness (QED) is 0.125. The fourth-order valence-electron chi connectivity index (χ4n) is 4.18. The molecule has 2 amide bonds. The molecule has 5 aromatic rings. The van der Waals surface area contributed by atoms with Crippen molar-refractivity contribution in [3.8, 4) is 11.3 Å². The summed E-state index contributed by atoms with van der Waals surface area (Å²) in [5, 5.41) is 26.0. The van der Waals surface area contributed by atoms with Crippen LogP contribution in [0.25, 0.3) is 11.3 Å². The van der Waals surface area contributed by atoms with Gasteiger partial charge in [0.05, 0.1) is 22.4 Å². The summed E-state index contributed by atoms with van der Waals surface area (Å²) in [6, 6.07) is 29.0. The maximum absolute atomic E-state index is 13.6. The van der Waals surface area contributed by atoms with Gasteiger partial charge in [-0.3, -0.25) is 9.59 Å². The van der Waals surface area contributed by atoms with Crippen molar-refractivity contribution in [2.24, 2.45) is 0 Å². The molecule has 4 aromatic carbocycles. The Morgan fingerprint density at radius 2 is 1.47 bits per heavy atom. The lowest BCUT2D eigenvalue weighted by Gasteiger charge is -2.17. The maximum atomic E-state index is 13.6. The number of aromatic carboxylic acids is 2. The third-order valence-electron chi connectivity index (χ3n) is 6.23. The van der Waals surface area contributed by atoms with Crippen LogP contribution in [0.1, 0.15) is 41.9 Å². The number of thioether (sulfide) groups is 1. The average Bonchev–Trinajstić information content (AvgIpc) is 3.49. The molecule has 214 valence electrons. The molecule has 0 saturated carbocycles. The molecule has 1 unspecified atom stereocenters. The zero-order valence-corrected chi connectivity index (χ0v) is 23.9. The number of rotatable bonds is 10. The minimum absolute atomic E-state index is 0.185. The molecule has 5 rings (SSSR count). The zero-order valence-electron chi connectivity index (χ0n) is 22.3. The van der Waals surface area contributed by atoms with Crippen LogP contribution in [0.5, 0.6) is 0 Å². The SMILES string of the molecule is O=C(O)c1ccc(C(=O)Nc2cccc(SC(C(=O)Nc3nc(-c4ccccc4)cs3)c3ccccc3)c2)c(C(=O)O)c1. The van der Waals surface area contributed by atoms with Gasteiger partial charge in [0.2, 0.25) is 5.91 Å². The molecule has 1 atom stereocenters. The van der Waals surface area contributed by atoms with Gasteiger partial charge in [0.25, 0.3) is 5.91 Å². The van der Waals surface area contributed by atoms with Gasteiger partial charge in [0.15, 0.2) is 5.13 Å². The number of hydrogen-bond acceptors (Lipinski definition) is 7. The molecule has 4 N–H and O–H groups in total. The Morgan fingerprint density at radius 1 is 0.744 bits per heavy atom. The number of amides is 2. The Bertz CT molecular complexity index is 1810. The van der Waals surface area contributed by atoms with E-state index < -0.39 is 28.7 Å². The second-order valence-corrected chi connectivity index (χ2v) is 11.2. The maximum Gasteiger partial charge on any atom is 0.336 e. The van der Waals surface area contributed by atoms with Gasteiger partial charge in [0.1, 0.15) is 5.25 Å². The zero-order chi connectivity index (χ0) is 30.3. The van der Waals surface area contributed by atoms with Crippen molar-refractivity contribution < 1.29 is 29.4 Å². The number of carboxylic acid groups (broad SMARTS) is 2. The van der Waals surface area contributed by atoms with Crippen LogP contribution in [0, 0.1) is 0 Å². The van der Waals surface area contributed by atoms with Crippen molar-refractivity contribution in [3.05, 3.63) is 131 Å². The largest absolute Gasteiger partial charge is 0.478 e. The van der Waals surface area contributed by atoms with Gasteiger partial charge < -0.3 is 20.8 Å². The molecular weight excluding hydrogens is 587 g/mol. The predicted molar refractivity (Wildman–Crippen MR) is 166 cm³/mol. The first-order valence-electron chi connectivity index (χ1n) is 12.8. The molecule has 0 bridgehead atoms. The van der Waals surface area contributed by atoms with E-state index in [2.05, 4.69) is 15.6 Å². The summed E-state index contributed by atoms with van der Waals surface area (Å²) < 4.78 is 0. The molecule has 0 spiro atoms. The Balaban J connectivity index is 1.35. The van der Waals surface area contributed by atoms with Crippen molar-refractivity contribution in [3.63, 3.8) is 0 Å². The molecule has 43 heavy (non-hydrogen) atoms. The minimum Gasteiger partial charge on any atom is -0.478 e. The van der Waals surface area contributed by atoms with Crippen LogP contribution in [-0.4, -0.2) is 39.0 Å². The third-order valence-corrected chi connectivity index (χ3v) is 8.24. The number of nitrogens with zero attached hydrogens (tertiary/aromatic N) is 1. The van der Waals surface area contributed by atoms with Crippen LogP contribution < -0.4 is 10.6 Å². The molecular formula is C32H23N3O6S2. The van der Waals surface area contributed by atoms with Gasteiger partial charge >= 0.3 is 11.9 Å². The van der Waals surface area contributed by atoms with Crippen LogP contribution in [0.2, 0.25) is 0 Å². The predicted octanol–water partition coefficient (Wildman–Crippen LogP) is 6.93. The number of benzene rings is 4. The van der Waals surface area contributed by atoms with Crippen molar-refractivity contribution in [1.82, 2.24) is 4.98 Å².